The summed E-state index contributed by atoms with van der Waals surface area (Å²) in [6.45, 7) is 11.6. The molecule has 0 spiro atoms. The van der Waals surface area contributed by atoms with Crippen LogP contribution in [0.5, 0.6) is 0 Å². The van der Waals surface area contributed by atoms with Crippen LogP contribution >= 0.6 is 0 Å². The van der Waals surface area contributed by atoms with E-state index in [1.165, 1.54) is 32.4 Å². The van der Waals surface area contributed by atoms with E-state index in [1.54, 1.807) is 0 Å². The predicted molar refractivity (Wildman–Crippen MR) is 51.9 cm³/mol. The van der Waals surface area contributed by atoms with E-state index in [2.05, 4.69) is 32.6 Å². The van der Waals surface area contributed by atoms with Gasteiger partial charge in [0.05, 0.1) is 0 Å². The van der Waals surface area contributed by atoms with E-state index < -0.39 is 0 Å². The van der Waals surface area contributed by atoms with E-state index in [0.717, 1.165) is 6.04 Å². The average molecular weight is 157 g/mol. The summed E-state index contributed by atoms with van der Waals surface area (Å²) in [5, 5.41) is 0. The Hall–Kier alpha value is -0.0400. The highest BCUT2D eigenvalue weighted by molar-refractivity contribution is 4.63. The lowest BCUT2D eigenvalue weighted by Gasteiger charge is -2.27. The average Bonchev–Trinajstić information content (AvgIpc) is 2.03. The van der Waals surface area contributed by atoms with Crippen molar-refractivity contribution in [1.82, 2.24) is 4.90 Å². The molecule has 68 valence electrons. The molecule has 1 atom stereocenters. The van der Waals surface area contributed by atoms with Gasteiger partial charge in [0.25, 0.3) is 0 Å². The van der Waals surface area contributed by atoms with Crippen LogP contribution < -0.4 is 0 Å². The number of rotatable bonds is 6. The van der Waals surface area contributed by atoms with E-state index in [1.807, 2.05) is 0 Å². The first kappa shape index (κ1) is 11.0. The maximum atomic E-state index is 2.58. The normalized spacial score (nSPS) is 13.9. The van der Waals surface area contributed by atoms with Gasteiger partial charge in [0, 0.05) is 6.04 Å². The van der Waals surface area contributed by atoms with Gasteiger partial charge >= 0.3 is 0 Å². The van der Waals surface area contributed by atoms with Crippen molar-refractivity contribution in [1.29, 1.82) is 0 Å². The SMILES string of the molecule is CCCN(CCC)[C@H](C)CC. The molecule has 0 aromatic heterocycles. The Balaban J connectivity index is 3.66. The fraction of sp³-hybridized carbons (Fsp3) is 1.00. The summed E-state index contributed by atoms with van der Waals surface area (Å²) in [5.74, 6) is 0. The van der Waals surface area contributed by atoms with E-state index >= 15 is 0 Å². The molecule has 0 aromatic carbocycles. The number of hydrogen-bond acceptors (Lipinski definition) is 1. The van der Waals surface area contributed by atoms with Crippen molar-refractivity contribution in [3.05, 3.63) is 0 Å². The molecule has 0 radical (unpaired) electrons. The predicted octanol–water partition coefficient (Wildman–Crippen LogP) is 2.91. The van der Waals surface area contributed by atoms with Crippen LogP contribution in [0.1, 0.15) is 47.0 Å². The fourth-order valence-corrected chi connectivity index (χ4v) is 1.39. The van der Waals surface area contributed by atoms with Crippen molar-refractivity contribution in [2.24, 2.45) is 0 Å². The Morgan fingerprint density at radius 2 is 1.45 bits per heavy atom. The van der Waals surface area contributed by atoms with Gasteiger partial charge < -0.3 is 4.90 Å². The second-order valence-electron chi connectivity index (χ2n) is 3.29. The molecule has 0 fully saturated rings. The van der Waals surface area contributed by atoms with Crippen LogP contribution in [0.4, 0.5) is 0 Å². The summed E-state index contributed by atoms with van der Waals surface area (Å²) in [6, 6.07) is 0.773. The third-order valence-corrected chi connectivity index (χ3v) is 2.24. The minimum Gasteiger partial charge on any atom is -0.301 e. The largest absolute Gasteiger partial charge is 0.301 e. The summed E-state index contributed by atoms with van der Waals surface area (Å²) < 4.78 is 0. The van der Waals surface area contributed by atoms with Gasteiger partial charge in [-0.2, -0.15) is 0 Å². The van der Waals surface area contributed by atoms with Gasteiger partial charge in [-0.15, -0.1) is 0 Å². The van der Waals surface area contributed by atoms with Crippen molar-refractivity contribution in [3.63, 3.8) is 0 Å². The number of nitrogens with zero attached hydrogens (tertiary/aromatic N) is 1. The van der Waals surface area contributed by atoms with Crippen LogP contribution in [0, 0.1) is 0 Å². The third kappa shape index (κ3) is 4.41. The van der Waals surface area contributed by atoms with Crippen LogP contribution in [0.3, 0.4) is 0 Å². The highest BCUT2D eigenvalue weighted by Crippen LogP contribution is 2.04. The topological polar surface area (TPSA) is 3.24 Å². The van der Waals surface area contributed by atoms with Gasteiger partial charge in [0.15, 0.2) is 0 Å². The van der Waals surface area contributed by atoms with Gasteiger partial charge in [-0.1, -0.05) is 20.8 Å². The first-order valence-corrected chi connectivity index (χ1v) is 5.00. The van der Waals surface area contributed by atoms with Crippen molar-refractivity contribution in [3.8, 4) is 0 Å². The van der Waals surface area contributed by atoms with Gasteiger partial charge in [0.2, 0.25) is 0 Å². The molecule has 0 amide bonds. The molecule has 0 rings (SSSR count). The van der Waals surface area contributed by atoms with Crippen LogP contribution in [-0.4, -0.2) is 24.0 Å². The standard InChI is InChI=1S/C10H23N/c1-5-8-11(9-6-2)10(4)7-3/h10H,5-9H2,1-4H3/t10-/m1/s1. The van der Waals surface area contributed by atoms with Gasteiger partial charge in [-0.05, 0) is 39.3 Å². The molecule has 0 bridgehead atoms. The van der Waals surface area contributed by atoms with E-state index in [9.17, 15) is 0 Å². The molecule has 11 heavy (non-hydrogen) atoms. The Labute approximate surface area is 71.8 Å². The molecule has 0 saturated carbocycles. The zero-order valence-electron chi connectivity index (χ0n) is 8.56. The Bertz CT molecular complexity index is 74.9. The molecule has 0 N–H and O–H groups in total. The molecule has 0 heterocycles. The molecule has 0 aliphatic heterocycles. The molecule has 1 nitrogen and oxygen atoms in total. The molecular weight excluding hydrogens is 134 g/mol. The molecule has 0 aromatic rings. The van der Waals surface area contributed by atoms with E-state index in [0.29, 0.717) is 0 Å². The molecule has 1 heteroatoms. The summed E-state index contributed by atoms with van der Waals surface area (Å²) in [6.07, 6.45) is 3.84. The zero-order valence-corrected chi connectivity index (χ0v) is 8.56. The Morgan fingerprint density at radius 3 is 1.73 bits per heavy atom. The Morgan fingerprint density at radius 1 is 1.00 bits per heavy atom. The smallest absolute Gasteiger partial charge is 0.00642 e. The van der Waals surface area contributed by atoms with Gasteiger partial charge in [0.1, 0.15) is 0 Å². The number of hydrogen-bond donors (Lipinski definition) is 0. The van der Waals surface area contributed by atoms with Crippen molar-refractivity contribution in [2.75, 3.05) is 13.1 Å². The maximum Gasteiger partial charge on any atom is 0.00642 e. The second-order valence-corrected chi connectivity index (χ2v) is 3.29. The minimum atomic E-state index is 0.773. The van der Waals surface area contributed by atoms with Gasteiger partial charge in [-0.25, -0.2) is 0 Å². The summed E-state index contributed by atoms with van der Waals surface area (Å²) in [5.41, 5.74) is 0. The highest BCUT2D eigenvalue weighted by Gasteiger charge is 2.08. The molecule has 0 aliphatic rings. The molecule has 0 saturated heterocycles. The van der Waals surface area contributed by atoms with Crippen LogP contribution in [-0.2, 0) is 0 Å². The fourth-order valence-electron chi connectivity index (χ4n) is 1.39. The monoisotopic (exact) mass is 157 g/mol. The van der Waals surface area contributed by atoms with Crippen LogP contribution in [0.15, 0.2) is 0 Å². The zero-order chi connectivity index (χ0) is 8.69. The van der Waals surface area contributed by atoms with E-state index in [-0.39, 0.29) is 0 Å². The quantitative estimate of drug-likeness (QED) is 0.573. The summed E-state index contributed by atoms with van der Waals surface area (Å²) >= 11 is 0. The maximum absolute atomic E-state index is 2.58. The third-order valence-electron chi connectivity index (χ3n) is 2.24. The second kappa shape index (κ2) is 6.66. The molecule has 0 aliphatic carbocycles. The summed E-state index contributed by atoms with van der Waals surface area (Å²) in [7, 11) is 0. The van der Waals surface area contributed by atoms with Crippen LogP contribution in [0.2, 0.25) is 0 Å². The van der Waals surface area contributed by atoms with Crippen molar-refractivity contribution < 1.29 is 0 Å². The minimum absolute atomic E-state index is 0.773. The van der Waals surface area contributed by atoms with Gasteiger partial charge in [-0.3, -0.25) is 0 Å². The first-order chi connectivity index (χ1) is 5.26. The Kier molecular flexibility index (Phi) is 6.63. The van der Waals surface area contributed by atoms with Crippen molar-refractivity contribution in [2.45, 2.75) is 53.0 Å². The highest BCUT2D eigenvalue weighted by atomic mass is 15.1. The summed E-state index contributed by atoms with van der Waals surface area (Å²) in [4.78, 5) is 2.58. The lowest BCUT2D eigenvalue weighted by Crippen LogP contribution is -2.33. The van der Waals surface area contributed by atoms with Crippen molar-refractivity contribution >= 4 is 0 Å². The molecule has 0 unspecified atom stereocenters. The molecular formula is C10H23N. The van der Waals surface area contributed by atoms with Crippen LogP contribution in [0.25, 0.3) is 0 Å². The first-order valence-electron chi connectivity index (χ1n) is 5.00. The lowest BCUT2D eigenvalue weighted by atomic mass is 10.2. The van der Waals surface area contributed by atoms with E-state index in [4.69, 9.17) is 0 Å². The lowest BCUT2D eigenvalue weighted by molar-refractivity contribution is 0.204.